The Bertz CT molecular complexity index is 537. The van der Waals surface area contributed by atoms with Gasteiger partial charge in [0.25, 0.3) is 0 Å². The van der Waals surface area contributed by atoms with Gasteiger partial charge in [-0.3, -0.25) is 0 Å². The van der Waals surface area contributed by atoms with Crippen LogP contribution in [0.3, 0.4) is 0 Å². The number of ether oxygens (including phenoxy) is 1. The zero-order valence-electron chi connectivity index (χ0n) is 11.3. The third-order valence-corrected chi connectivity index (χ3v) is 4.41. The quantitative estimate of drug-likeness (QED) is 0.797. The first-order valence-electron chi connectivity index (χ1n) is 6.50. The van der Waals surface area contributed by atoms with Gasteiger partial charge in [-0.05, 0) is 31.0 Å². The average molecular weight is 293 g/mol. The van der Waals surface area contributed by atoms with Crippen LogP contribution in [-0.2, 0) is 18.8 Å². The van der Waals surface area contributed by atoms with E-state index in [-0.39, 0.29) is 0 Å². The minimum atomic E-state index is 0.540. The van der Waals surface area contributed by atoms with Gasteiger partial charge < -0.3 is 4.74 Å². The lowest BCUT2D eigenvalue weighted by molar-refractivity contribution is 0.305. The molecular formula is C15H19NOS2. The Morgan fingerprint density at radius 1 is 1.37 bits per heavy atom. The van der Waals surface area contributed by atoms with Crippen LogP contribution in [-0.4, -0.2) is 4.98 Å². The first-order chi connectivity index (χ1) is 9.22. The maximum absolute atomic E-state index is 5.79. The highest BCUT2D eigenvalue weighted by Gasteiger charge is 2.09. The molecule has 0 amide bonds. The average Bonchev–Trinajstić information content (AvgIpc) is 2.79. The largest absolute Gasteiger partial charge is 0.486 e. The monoisotopic (exact) mass is 293 g/mol. The van der Waals surface area contributed by atoms with Crippen molar-refractivity contribution >= 4 is 24.0 Å². The minimum absolute atomic E-state index is 0.540. The third kappa shape index (κ3) is 3.98. The van der Waals surface area contributed by atoms with Crippen molar-refractivity contribution in [2.45, 2.75) is 39.0 Å². The standard InChI is InChI=1S/C15H19NOS2/c1-3-5-13-14(10-18)19-15(16-13)9-17-12-7-4-6-11(2)8-12/h4,6-8,18H,3,5,9-10H2,1-2H3. The Hall–Kier alpha value is -1.00. The number of benzene rings is 1. The molecule has 19 heavy (non-hydrogen) atoms. The zero-order chi connectivity index (χ0) is 13.7. The predicted octanol–water partition coefficient (Wildman–Crippen LogP) is 4.41. The summed E-state index contributed by atoms with van der Waals surface area (Å²) in [4.78, 5) is 5.92. The van der Waals surface area contributed by atoms with Crippen LogP contribution >= 0.6 is 24.0 Å². The first-order valence-corrected chi connectivity index (χ1v) is 7.95. The number of thiol groups is 1. The van der Waals surface area contributed by atoms with E-state index in [1.54, 1.807) is 11.3 Å². The molecule has 1 heterocycles. The lowest BCUT2D eigenvalue weighted by Crippen LogP contribution is -1.95. The van der Waals surface area contributed by atoms with Crippen molar-refractivity contribution in [2.24, 2.45) is 0 Å². The van der Waals surface area contributed by atoms with Crippen LogP contribution in [0.4, 0.5) is 0 Å². The van der Waals surface area contributed by atoms with E-state index in [0.717, 1.165) is 29.4 Å². The number of hydrogen-bond acceptors (Lipinski definition) is 4. The van der Waals surface area contributed by atoms with Crippen LogP contribution in [0.5, 0.6) is 5.75 Å². The Morgan fingerprint density at radius 2 is 2.21 bits per heavy atom. The Balaban J connectivity index is 2.03. The molecule has 0 atom stereocenters. The molecule has 2 aromatic rings. The van der Waals surface area contributed by atoms with Crippen molar-refractivity contribution < 1.29 is 4.74 Å². The van der Waals surface area contributed by atoms with Gasteiger partial charge in [-0.1, -0.05) is 25.5 Å². The van der Waals surface area contributed by atoms with E-state index in [1.165, 1.54) is 16.1 Å². The van der Waals surface area contributed by atoms with Crippen LogP contribution in [0.15, 0.2) is 24.3 Å². The maximum atomic E-state index is 5.79. The molecule has 2 rings (SSSR count). The third-order valence-electron chi connectivity index (χ3n) is 2.80. The Labute approximate surface area is 124 Å². The second kappa shape index (κ2) is 6.96. The molecule has 0 aliphatic rings. The van der Waals surface area contributed by atoms with Gasteiger partial charge in [0, 0.05) is 10.6 Å². The lowest BCUT2D eigenvalue weighted by atomic mass is 10.2. The molecule has 0 N–H and O–H groups in total. The van der Waals surface area contributed by atoms with Gasteiger partial charge >= 0.3 is 0 Å². The summed E-state index contributed by atoms with van der Waals surface area (Å²) in [5.41, 5.74) is 2.39. The van der Waals surface area contributed by atoms with Gasteiger partial charge in [0.05, 0.1) is 5.69 Å². The SMILES string of the molecule is CCCc1nc(COc2cccc(C)c2)sc1CS. The van der Waals surface area contributed by atoms with E-state index in [4.69, 9.17) is 4.74 Å². The second-order valence-electron chi connectivity index (χ2n) is 4.49. The number of aryl methyl sites for hydroxylation is 2. The van der Waals surface area contributed by atoms with Crippen molar-refractivity contribution in [3.05, 3.63) is 45.4 Å². The maximum Gasteiger partial charge on any atom is 0.140 e. The van der Waals surface area contributed by atoms with Crippen LogP contribution in [0.2, 0.25) is 0 Å². The molecule has 0 unspecified atom stereocenters. The molecule has 0 radical (unpaired) electrons. The van der Waals surface area contributed by atoms with Crippen LogP contribution in [0.1, 0.15) is 34.5 Å². The molecule has 1 aromatic carbocycles. The predicted molar refractivity (Wildman–Crippen MR) is 84.3 cm³/mol. The molecule has 0 bridgehead atoms. The summed E-state index contributed by atoms with van der Waals surface area (Å²) in [5, 5.41) is 1.04. The molecule has 1 aromatic heterocycles. The van der Waals surface area contributed by atoms with Gasteiger partial charge in [-0.25, -0.2) is 4.98 Å². The fourth-order valence-corrected chi connectivity index (χ4v) is 3.17. The second-order valence-corrected chi connectivity index (χ2v) is 5.98. The molecule has 0 saturated carbocycles. The number of thiazole rings is 1. The van der Waals surface area contributed by atoms with Gasteiger partial charge in [-0.2, -0.15) is 12.6 Å². The molecular weight excluding hydrogens is 274 g/mol. The van der Waals surface area contributed by atoms with E-state index in [9.17, 15) is 0 Å². The number of nitrogens with zero attached hydrogens (tertiary/aromatic N) is 1. The summed E-state index contributed by atoms with van der Waals surface area (Å²) in [6.45, 7) is 4.78. The van der Waals surface area contributed by atoms with Gasteiger partial charge in [0.2, 0.25) is 0 Å². The highest BCUT2D eigenvalue weighted by Crippen LogP contribution is 2.23. The van der Waals surface area contributed by atoms with Gasteiger partial charge in [-0.15, -0.1) is 11.3 Å². The molecule has 0 aliphatic heterocycles. The minimum Gasteiger partial charge on any atom is -0.486 e. The lowest BCUT2D eigenvalue weighted by Gasteiger charge is -2.04. The van der Waals surface area contributed by atoms with E-state index in [2.05, 4.69) is 37.5 Å². The van der Waals surface area contributed by atoms with Crippen LogP contribution in [0, 0.1) is 6.92 Å². The summed E-state index contributed by atoms with van der Waals surface area (Å²) in [7, 11) is 0. The molecule has 2 nitrogen and oxygen atoms in total. The zero-order valence-corrected chi connectivity index (χ0v) is 13.1. The Kier molecular flexibility index (Phi) is 5.28. The first kappa shape index (κ1) is 14.4. The van der Waals surface area contributed by atoms with Crippen LogP contribution < -0.4 is 4.74 Å². The molecule has 0 aliphatic carbocycles. The van der Waals surface area contributed by atoms with Gasteiger partial charge in [0.1, 0.15) is 17.4 Å². The van der Waals surface area contributed by atoms with E-state index in [1.807, 2.05) is 18.2 Å². The van der Waals surface area contributed by atoms with Crippen LogP contribution in [0.25, 0.3) is 0 Å². The van der Waals surface area contributed by atoms with Crippen molar-refractivity contribution in [3.63, 3.8) is 0 Å². The number of rotatable bonds is 6. The summed E-state index contributed by atoms with van der Waals surface area (Å²) >= 11 is 6.08. The topological polar surface area (TPSA) is 22.1 Å². The Morgan fingerprint density at radius 3 is 2.89 bits per heavy atom. The summed E-state index contributed by atoms with van der Waals surface area (Å²) in [5.74, 6) is 1.66. The highest BCUT2D eigenvalue weighted by molar-refractivity contribution is 7.79. The van der Waals surface area contributed by atoms with E-state index in [0.29, 0.717) is 6.61 Å². The van der Waals surface area contributed by atoms with Crippen molar-refractivity contribution in [1.29, 1.82) is 0 Å². The molecule has 0 saturated heterocycles. The fourth-order valence-electron chi connectivity index (χ4n) is 1.90. The fraction of sp³-hybridized carbons (Fsp3) is 0.400. The van der Waals surface area contributed by atoms with Gasteiger partial charge in [0.15, 0.2) is 0 Å². The van der Waals surface area contributed by atoms with Crippen molar-refractivity contribution in [1.82, 2.24) is 4.98 Å². The molecule has 0 fully saturated rings. The number of aromatic nitrogens is 1. The van der Waals surface area contributed by atoms with Crippen molar-refractivity contribution in [3.8, 4) is 5.75 Å². The van der Waals surface area contributed by atoms with E-state index >= 15 is 0 Å². The number of hydrogen-bond donors (Lipinski definition) is 1. The molecule has 4 heteroatoms. The summed E-state index contributed by atoms with van der Waals surface area (Å²) in [6.07, 6.45) is 2.14. The van der Waals surface area contributed by atoms with E-state index < -0.39 is 0 Å². The highest BCUT2D eigenvalue weighted by atomic mass is 32.1. The smallest absolute Gasteiger partial charge is 0.140 e. The molecule has 0 spiro atoms. The normalized spacial score (nSPS) is 10.7. The molecule has 102 valence electrons. The van der Waals surface area contributed by atoms with Crippen molar-refractivity contribution in [2.75, 3.05) is 0 Å². The summed E-state index contributed by atoms with van der Waals surface area (Å²) < 4.78 is 5.79. The summed E-state index contributed by atoms with van der Waals surface area (Å²) in [6, 6.07) is 8.09.